The van der Waals surface area contributed by atoms with E-state index in [1.165, 1.54) is 11.8 Å². The van der Waals surface area contributed by atoms with Gasteiger partial charge in [0.05, 0.1) is 5.60 Å². The summed E-state index contributed by atoms with van der Waals surface area (Å²) in [6.07, 6.45) is 9.38. The number of aliphatic hydroxyl groups is 1. The third-order valence-electron chi connectivity index (χ3n) is 9.75. The van der Waals surface area contributed by atoms with E-state index in [9.17, 15) is 24.6 Å². The summed E-state index contributed by atoms with van der Waals surface area (Å²) in [7, 11) is 0. The highest BCUT2D eigenvalue weighted by molar-refractivity contribution is 8.14. The second kappa shape index (κ2) is 6.80. The van der Waals surface area contributed by atoms with Crippen LogP contribution in [0.2, 0.25) is 0 Å². The molecule has 168 valence electrons. The van der Waals surface area contributed by atoms with Crippen LogP contribution in [0.5, 0.6) is 0 Å². The minimum absolute atomic E-state index is 0.00278. The van der Waals surface area contributed by atoms with Crippen molar-refractivity contribution < 1.29 is 24.6 Å². The zero-order valence-electron chi connectivity index (χ0n) is 18.5. The molecular formula is C25H32O5S. The Kier molecular flexibility index (Phi) is 4.70. The molecule has 4 saturated carbocycles. The molecule has 0 heterocycles. The number of carboxylic acid groups (broad SMARTS) is 1. The maximum absolute atomic E-state index is 12.2. The molecule has 0 aromatic carbocycles. The van der Waals surface area contributed by atoms with E-state index in [0.717, 1.165) is 31.3 Å². The minimum atomic E-state index is -0.938. The summed E-state index contributed by atoms with van der Waals surface area (Å²) >= 11 is 1.41. The van der Waals surface area contributed by atoms with Gasteiger partial charge in [0.1, 0.15) is 0 Å². The summed E-state index contributed by atoms with van der Waals surface area (Å²) in [6.45, 7) is 6.05. The lowest BCUT2D eigenvalue weighted by Crippen LogP contribution is -2.59. The van der Waals surface area contributed by atoms with Gasteiger partial charge in [0.15, 0.2) is 10.9 Å². The Balaban J connectivity index is 1.56. The van der Waals surface area contributed by atoms with Gasteiger partial charge in [-0.25, -0.2) is 0 Å². The molecule has 5 aliphatic rings. The van der Waals surface area contributed by atoms with Crippen LogP contribution in [0.3, 0.4) is 0 Å². The van der Waals surface area contributed by atoms with Crippen molar-refractivity contribution in [2.24, 2.45) is 40.4 Å². The molecule has 0 unspecified atom stereocenters. The largest absolute Gasteiger partial charge is 0.481 e. The SMILES string of the molecule is CC(=O)S[C@@H]1CC2=CC(=O)C=C[C@]2(C)[C@H]2CC[C@@]3(C)[C@@H]([C@@H]4C[C@@H]4[C@@]3(O)CCC(=O)O)[C@H]12. The Bertz CT molecular complexity index is 923. The number of carbonyl (C=O) groups is 3. The van der Waals surface area contributed by atoms with Gasteiger partial charge in [0.2, 0.25) is 0 Å². The molecular weight excluding hydrogens is 412 g/mol. The first-order valence-electron chi connectivity index (χ1n) is 11.6. The highest BCUT2D eigenvalue weighted by Gasteiger charge is 2.76. The van der Waals surface area contributed by atoms with Crippen molar-refractivity contribution in [2.75, 3.05) is 0 Å². The highest BCUT2D eigenvalue weighted by atomic mass is 32.2. The summed E-state index contributed by atoms with van der Waals surface area (Å²) in [5.74, 6) is 0.664. The van der Waals surface area contributed by atoms with E-state index < -0.39 is 11.6 Å². The molecule has 5 nitrogen and oxygen atoms in total. The normalized spacial score (nSPS) is 49.4. The predicted octanol–water partition coefficient (Wildman–Crippen LogP) is 4.00. The van der Waals surface area contributed by atoms with Crippen LogP contribution in [0.4, 0.5) is 0 Å². The van der Waals surface area contributed by atoms with E-state index in [1.807, 2.05) is 0 Å². The summed E-state index contributed by atoms with van der Waals surface area (Å²) in [4.78, 5) is 35.7. The second-order valence-electron chi connectivity index (χ2n) is 11.0. The summed E-state index contributed by atoms with van der Waals surface area (Å²) in [5, 5.41) is 21.4. The smallest absolute Gasteiger partial charge is 0.303 e. The Hall–Kier alpha value is -1.40. The highest BCUT2D eigenvalue weighted by Crippen LogP contribution is 2.77. The van der Waals surface area contributed by atoms with Crippen LogP contribution < -0.4 is 0 Å². The molecule has 0 aromatic rings. The van der Waals surface area contributed by atoms with E-state index >= 15 is 0 Å². The van der Waals surface area contributed by atoms with Gasteiger partial charge in [-0.1, -0.05) is 37.3 Å². The van der Waals surface area contributed by atoms with Crippen molar-refractivity contribution in [2.45, 2.75) is 70.1 Å². The maximum Gasteiger partial charge on any atom is 0.303 e. The molecule has 9 atom stereocenters. The molecule has 0 spiro atoms. The van der Waals surface area contributed by atoms with Gasteiger partial charge >= 0.3 is 5.97 Å². The number of carboxylic acids is 1. The van der Waals surface area contributed by atoms with Gasteiger partial charge in [0.25, 0.3) is 0 Å². The van der Waals surface area contributed by atoms with Crippen molar-refractivity contribution in [1.29, 1.82) is 0 Å². The number of ketones is 1. The van der Waals surface area contributed by atoms with Crippen LogP contribution in [0.15, 0.2) is 23.8 Å². The molecule has 0 radical (unpaired) electrons. The first-order chi connectivity index (χ1) is 14.5. The number of hydrogen-bond acceptors (Lipinski definition) is 5. The van der Waals surface area contributed by atoms with Crippen LogP contribution in [0.1, 0.15) is 59.3 Å². The molecule has 6 heteroatoms. The Morgan fingerprint density at radius 2 is 2.00 bits per heavy atom. The van der Waals surface area contributed by atoms with E-state index in [-0.39, 0.29) is 51.2 Å². The number of thioether (sulfide) groups is 1. The van der Waals surface area contributed by atoms with Crippen molar-refractivity contribution in [3.63, 3.8) is 0 Å². The average molecular weight is 445 g/mol. The van der Waals surface area contributed by atoms with Crippen LogP contribution in [-0.2, 0) is 14.4 Å². The lowest BCUT2D eigenvalue weighted by atomic mass is 9.46. The molecule has 5 aliphatic carbocycles. The van der Waals surface area contributed by atoms with E-state index in [4.69, 9.17) is 0 Å². The van der Waals surface area contributed by atoms with Gasteiger partial charge in [-0.05, 0) is 73.8 Å². The molecule has 0 amide bonds. The van der Waals surface area contributed by atoms with Crippen LogP contribution >= 0.6 is 11.8 Å². The summed E-state index contributed by atoms with van der Waals surface area (Å²) in [5.41, 5.74) is -0.291. The number of carbonyl (C=O) groups excluding carboxylic acids is 2. The zero-order chi connectivity index (χ0) is 22.3. The van der Waals surface area contributed by atoms with Gasteiger partial charge in [-0.3, -0.25) is 14.4 Å². The first kappa shape index (κ1) is 21.4. The molecule has 0 bridgehead atoms. The van der Waals surface area contributed by atoms with Crippen molar-refractivity contribution in [3.05, 3.63) is 23.8 Å². The Morgan fingerprint density at radius 3 is 2.68 bits per heavy atom. The third kappa shape index (κ3) is 2.90. The molecule has 4 fully saturated rings. The van der Waals surface area contributed by atoms with Crippen molar-refractivity contribution in [3.8, 4) is 0 Å². The van der Waals surface area contributed by atoms with Gasteiger partial charge in [-0.2, -0.15) is 0 Å². The maximum atomic E-state index is 12.2. The van der Waals surface area contributed by atoms with Crippen molar-refractivity contribution >= 4 is 28.6 Å². The topological polar surface area (TPSA) is 91.7 Å². The standard InChI is InChI=1S/C25H32O5S/c1-13(26)31-19-11-14-10-15(27)4-7-23(14,2)17-5-8-24(3)22(21(17)19)16-12-18(16)25(24,30)9-6-20(28)29/h4,7,10,16-19,21-22,30H,5-6,8-9,11-12H2,1-3H3,(H,28,29)/t16-,17+,18+,19-,21+,22+,23+,24+,25+/m1/s1. The molecule has 31 heavy (non-hydrogen) atoms. The molecule has 2 N–H and O–H groups in total. The molecule has 5 rings (SSSR count). The number of allylic oxidation sites excluding steroid dienone is 4. The summed E-state index contributed by atoms with van der Waals surface area (Å²) < 4.78 is 0. The molecule has 0 aliphatic heterocycles. The fourth-order valence-corrected chi connectivity index (χ4v) is 9.56. The minimum Gasteiger partial charge on any atom is -0.481 e. The predicted molar refractivity (Wildman–Crippen MR) is 118 cm³/mol. The Labute approximate surface area is 187 Å². The van der Waals surface area contributed by atoms with Gasteiger partial charge in [-0.15, -0.1) is 0 Å². The lowest BCUT2D eigenvalue weighted by Gasteiger charge is -2.61. The number of hydrogen-bond donors (Lipinski definition) is 2. The molecule has 0 aromatic heterocycles. The number of aliphatic carboxylic acids is 1. The first-order valence-corrected chi connectivity index (χ1v) is 12.4. The van der Waals surface area contributed by atoms with Gasteiger partial charge < -0.3 is 10.2 Å². The molecule has 0 saturated heterocycles. The fraction of sp³-hybridized carbons (Fsp3) is 0.720. The zero-order valence-corrected chi connectivity index (χ0v) is 19.3. The Morgan fingerprint density at radius 1 is 1.26 bits per heavy atom. The quantitative estimate of drug-likeness (QED) is 0.681. The monoisotopic (exact) mass is 444 g/mol. The summed E-state index contributed by atoms with van der Waals surface area (Å²) in [6, 6.07) is 0. The average Bonchev–Trinajstić information content (AvgIpc) is 3.44. The van der Waals surface area contributed by atoms with Crippen LogP contribution in [-0.4, -0.2) is 37.9 Å². The van der Waals surface area contributed by atoms with Crippen LogP contribution in [0, 0.1) is 40.4 Å². The van der Waals surface area contributed by atoms with Gasteiger partial charge in [0, 0.05) is 29.4 Å². The van der Waals surface area contributed by atoms with E-state index in [2.05, 4.69) is 19.9 Å². The third-order valence-corrected chi connectivity index (χ3v) is 10.9. The lowest BCUT2D eigenvalue weighted by molar-refractivity contribution is -0.154. The van der Waals surface area contributed by atoms with Crippen molar-refractivity contribution in [1.82, 2.24) is 0 Å². The number of fused-ring (bicyclic) bond motifs is 7. The van der Waals surface area contributed by atoms with E-state index in [1.54, 1.807) is 19.1 Å². The van der Waals surface area contributed by atoms with Crippen LogP contribution in [0.25, 0.3) is 0 Å². The number of rotatable bonds is 4. The second-order valence-corrected chi connectivity index (χ2v) is 12.4. The fourth-order valence-electron chi connectivity index (χ4n) is 8.36. The van der Waals surface area contributed by atoms with E-state index in [0.29, 0.717) is 18.3 Å².